The predicted octanol–water partition coefficient (Wildman–Crippen LogP) is 8.51. The number of hydrogen-bond donors (Lipinski definition) is 1. The normalized spacial score (nSPS) is 12.0. The van der Waals surface area contributed by atoms with Crippen molar-refractivity contribution in [3.63, 3.8) is 0 Å². The Labute approximate surface area is 206 Å². The van der Waals surface area contributed by atoms with Gasteiger partial charge in [-0.15, -0.1) is 0 Å². The van der Waals surface area contributed by atoms with Crippen LogP contribution in [-0.4, -0.2) is 25.0 Å². The van der Waals surface area contributed by atoms with Crippen molar-refractivity contribution in [2.75, 3.05) is 13.2 Å². The van der Waals surface area contributed by atoms with Gasteiger partial charge in [-0.25, -0.2) is 0 Å². The molecule has 4 nitrogen and oxygen atoms in total. The molecule has 33 heavy (non-hydrogen) atoms. The molecule has 0 aliphatic heterocycles. The van der Waals surface area contributed by atoms with Gasteiger partial charge in [-0.1, -0.05) is 117 Å². The minimum absolute atomic E-state index is 0.0593. The summed E-state index contributed by atoms with van der Waals surface area (Å²) < 4.78 is 5.32. The van der Waals surface area contributed by atoms with Crippen molar-refractivity contribution >= 4 is 11.9 Å². The summed E-state index contributed by atoms with van der Waals surface area (Å²) in [6.45, 7) is 7.82. The van der Waals surface area contributed by atoms with Gasteiger partial charge in [0.2, 0.25) is 5.91 Å². The van der Waals surface area contributed by atoms with Crippen molar-refractivity contribution in [3.8, 4) is 0 Å². The number of unbranched alkanes of at least 4 members (excludes halogenated alkanes) is 16. The van der Waals surface area contributed by atoms with Crippen molar-refractivity contribution in [2.24, 2.45) is 5.92 Å². The zero-order valence-corrected chi connectivity index (χ0v) is 22.6. The Hall–Kier alpha value is -1.06. The van der Waals surface area contributed by atoms with Crippen molar-refractivity contribution in [3.05, 3.63) is 0 Å². The SMILES string of the molecule is CCCCCCCCCCCCCCCCCC(=O)OCCCCCC(=O)NCC(C)CC. The molecule has 1 atom stereocenters. The van der Waals surface area contributed by atoms with E-state index in [1.165, 1.54) is 83.5 Å². The molecule has 0 rings (SSSR count). The average Bonchev–Trinajstić information content (AvgIpc) is 2.82. The molecule has 0 aliphatic carbocycles. The van der Waals surface area contributed by atoms with Crippen molar-refractivity contribution < 1.29 is 14.3 Å². The van der Waals surface area contributed by atoms with Gasteiger partial charge < -0.3 is 10.1 Å². The zero-order valence-electron chi connectivity index (χ0n) is 22.6. The van der Waals surface area contributed by atoms with E-state index in [0.717, 1.165) is 45.1 Å². The summed E-state index contributed by atoms with van der Waals surface area (Å²) in [5.41, 5.74) is 0. The van der Waals surface area contributed by atoms with E-state index in [1.807, 2.05) is 0 Å². The van der Waals surface area contributed by atoms with Gasteiger partial charge in [0.25, 0.3) is 0 Å². The van der Waals surface area contributed by atoms with E-state index in [0.29, 0.717) is 25.4 Å². The van der Waals surface area contributed by atoms with Gasteiger partial charge in [0.1, 0.15) is 0 Å². The van der Waals surface area contributed by atoms with Crippen LogP contribution in [0.25, 0.3) is 0 Å². The average molecular weight is 468 g/mol. The van der Waals surface area contributed by atoms with Crippen molar-refractivity contribution in [1.29, 1.82) is 0 Å². The topological polar surface area (TPSA) is 55.4 Å². The number of carbonyl (C=O) groups excluding carboxylic acids is 2. The fourth-order valence-electron chi connectivity index (χ4n) is 3.98. The van der Waals surface area contributed by atoms with Crippen LogP contribution >= 0.6 is 0 Å². The van der Waals surface area contributed by atoms with Crippen LogP contribution in [0.2, 0.25) is 0 Å². The number of ether oxygens (including phenoxy) is 1. The Morgan fingerprint density at radius 1 is 0.636 bits per heavy atom. The highest BCUT2D eigenvalue weighted by Crippen LogP contribution is 2.14. The fraction of sp³-hybridized carbons (Fsp3) is 0.931. The second kappa shape index (κ2) is 25.6. The van der Waals surface area contributed by atoms with Gasteiger partial charge in [-0.2, -0.15) is 0 Å². The van der Waals surface area contributed by atoms with Crippen LogP contribution < -0.4 is 5.32 Å². The minimum Gasteiger partial charge on any atom is -0.466 e. The third kappa shape index (κ3) is 25.4. The number of esters is 1. The summed E-state index contributed by atoms with van der Waals surface area (Å²) >= 11 is 0. The summed E-state index contributed by atoms with van der Waals surface area (Å²) in [7, 11) is 0. The van der Waals surface area contributed by atoms with Crippen molar-refractivity contribution in [2.45, 2.75) is 156 Å². The van der Waals surface area contributed by atoms with Crippen LogP contribution in [0.4, 0.5) is 0 Å². The molecule has 0 heterocycles. The molecule has 0 aliphatic rings. The minimum atomic E-state index is -0.0593. The number of rotatable bonds is 25. The monoisotopic (exact) mass is 467 g/mol. The Kier molecular flexibility index (Phi) is 24.7. The molecule has 1 unspecified atom stereocenters. The lowest BCUT2D eigenvalue weighted by atomic mass is 10.0. The van der Waals surface area contributed by atoms with E-state index in [4.69, 9.17) is 4.74 Å². The first-order valence-corrected chi connectivity index (χ1v) is 14.5. The number of nitrogens with one attached hydrogen (secondary N) is 1. The van der Waals surface area contributed by atoms with E-state index in [2.05, 4.69) is 26.1 Å². The molecule has 4 heteroatoms. The first-order chi connectivity index (χ1) is 16.1. The van der Waals surface area contributed by atoms with Gasteiger partial charge in [0.05, 0.1) is 6.61 Å². The Morgan fingerprint density at radius 3 is 1.61 bits per heavy atom. The second-order valence-electron chi connectivity index (χ2n) is 10.0. The molecule has 1 amide bonds. The van der Waals surface area contributed by atoms with Gasteiger partial charge in [-0.3, -0.25) is 9.59 Å². The fourth-order valence-corrected chi connectivity index (χ4v) is 3.98. The summed E-state index contributed by atoms with van der Waals surface area (Å²) in [5, 5.41) is 2.98. The quantitative estimate of drug-likeness (QED) is 0.108. The third-order valence-corrected chi connectivity index (χ3v) is 6.64. The van der Waals surface area contributed by atoms with Crippen molar-refractivity contribution in [1.82, 2.24) is 5.32 Å². The first kappa shape index (κ1) is 31.9. The molecule has 0 aromatic rings. The van der Waals surface area contributed by atoms with E-state index < -0.39 is 0 Å². The maximum atomic E-state index is 11.8. The summed E-state index contributed by atoms with van der Waals surface area (Å²) in [5.74, 6) is 0.620. The molecule has 196 valence electrons. The molecular weight excluding hydrogens is 410 g/mol. The number of hydrogen-bond acceptors (Lipinski definition) is 3. The van der Waals surface area contributed by atoms with Gasteiger partial charge >= 0.3 is 5.97 Å². The summed E-state index contributed by atoms with van der Waals surface area (Å²) in [4.78, 5) is 23.5. The highest BCUT2D eigenvalue weighted by Gasteiger charge is 2.05. The Bertz CT molecular complexity index is 439. The maximum Gasteiger partial charge on any atom is 0.305 e. The van der Waals surface area contributed by atoms with Crippen LogP contribution in [0, 0.1) is 5.92 Å². The molecule has 0 fully saturated rings. The molecule has 0 aromatic heterocycles. The lowest BCUT2D eigenvalue weighted by Gasteiger charge is -2.10. The summed E-state index contributed by atoms with van der Waals surface area (Å²) in [6, 6.07) is 0. The highest BCUT2D eigenvalue weighted by molar-refractivity contribution is 5.75. The van der Waals surface area contributed by atoms with Crippen LogP contribution in [0.15, 0.2) is 0 Å². The zero-order chi connectivity index (χ0) is 24.4. The second-order valence-corrected chi connectivity index (χ2v) is 10.0. The number of amides is 1. The molecular formula is C29H57NO3. The molecule has 1 N–H and O–H groups in total. The van der Waals surface area contributed by atoms with Crippen LogP contribution in [0.3, 0.4) is 0 Å². The Morgan fingerprint density at radius 2 is 1.09 bits per heavy atom. The largest absolute Gasteiger partial charge is 0.466 e. The highest BCUT2D eigenvalue weighted by atomic mass is 16.5. The van der Waals surface area contributed by atoms with Gasteiger partial charge in [-0.05, 0) is 31.6 Å². The summed E-state index contributed by atoms with van der Waals surface area (Å²) in [6.07, 6.45) is 24.9. The van der Waals surface area contributed by atoms with Crippen LogP contribution in [-0.2, 0) is 14.3 Å². The van der Waals surface area contributed by atoms with Gasteiger partial charge in [0.15, 0.2) is 0 Å². The predicted molar refractivity (Wildman–Crippen MR) is 141 cm³/mol. The van der Waals surface area contributed by atoms with E-state index >= 15 is 0 Å². The van der Waals surface area contributed by atoms with E-state index in [1.54, 1.807) is 0 Å². The lowest BCUT2D eigenvalue weighted by molar-refractivity contribution is -0.144. The first-order valence-electron chi connectivity index (χ1n) is 14.5. The van der Waals surface area contributed by atoms with E-state index in [-0.39, 0.29) is 11.9 Å². The lowest BCUT2D eigenvalue weighted by Crippen LogP contribution is -2.27. The number of carbonyl (C=O) groups is 2. The molecule has 0 saturated carbocycles. The molecule has 0 bridgehead atoms. The standard InChI is InChI=1S/C29H57NO3/c1-4-6-7-8-9-10-11-12-13-14-15-16-17-18-21-24-29(32)33-25-22-19-20-23-28(31)30-26-27(3)5-2/h27H,4-26H2,1-3H3,(H,30,31). The third-order valence-electron chi connectivity index (χ3n) is 6.64. The van der Waals surface area contributed by atoms with Crippen LogP contribution in [0.5, 0.6) is 0 Å². The molecule has 0 spiro atoms. The van der Waals surface area contributed by atoms with Gasteiger partial charge in [0, 0.05) is 19.4 Å². The molecule has 0 aromatic carbocycles. The molecule has 0 saturated heterocycles. The Balaban J connectivity index is 3.25. The molecule has 0 radical (unpaired) electrons. The maximum absolute atomic E-state index is 11.8. The smallest absolute Gasteiger partial charge is 0.305 e. The van der Waals surface area contributed by atoms with Crippen LogP contribution in [0.1, 0.15) is 156 Å². The van der Waals surface area contributed by atoms with E-state index in [9.17, 15) is 9.59 Å².